The summed E-state index contributed by atoms with van der Waals surface area (Å²) in [6.45, 7) is 5.16. The fraction of sp³-hybridized carbons (Fsp3) is 0.438. The molecule has 1 aromatic rings. The van der Waals surface area contributed by atoms with Crippen molar-refractivity contribution in [3.8, 4) is 0 Å². The van der Waals surface area contributed by atoms with E-state index < -0.39 is 29.6 Å². The first-order chi connectivity index (χ1) is 11.2. The fourth-order valence-corrected chi connectivity index (χ4v) is 1.92. The van der Waals surface area contributed by atoms with Crippen LogP contribution in [0.25, 0.3) is 0 Å². The summed E-state index contributed by atoms with van der Waals surface area (Å²) in [4.78, 5) is 35.6. The van der Waals surface area contributed by atoms with Gasteiger partial charge in [0.05, 0.1) is 29.3 Å². The van der Waals surface area contributed by atoms with E-state index >= 15 is 0 Å². The van der Waals surface area contributed by atoms with Crippen LogP contribution < -0.4 is 8.85 Å². The quantitative estimate of drug-likeness (QED) is 0.396. The Morgan fingerprint density at radius 2 is 1.79 bits per heavy atom. The lowest BCUT2D eigenvalue weighted by molar-refractivity contribution is -0.148. The van der Waals surface area contributed by atoms with E-state index in [-0.39, 0.29) is 13.0 Å². The molecule has 0 heterocycles. The molecule has 1 atom stereocenters. The summed E-state index contributed by atoms with van der Waals surface area (Å²) in [5.41, 5.74) is 0.0916. The van der Waals surface area contributed by atoms with Gasteiger partial charge in [0.25, 0.3) is 0 Å². The van der Waals surface area contributed by atoms with Crippen molar-refractivity contribution in [1.82, 2.24) is 8.85 Å². The highest BCUT2D eigenvalue weighted by atomic mass is 127. The number of hydrogen-bond acceptors (Lipinski definition) is 5. The minimum Gasteiger partial charge on any atom is -0.459 e. The number of rotatable bonds is 6. The third-order valence-corrected chi connectivity index (χ3v) is 3.30. The zero-order chi connectivity index (χ0) is 18.2. The van der Waals surface area contributed by atoms with E-state index in [1.165, 1.54) is 0 Å². The van der Waals surface area contributed by atoms with Gasteiger partial charge in [0.2, 0.25) is 5.91 Å². The van der Waals surface area contributed by atoms with E-state index in [1.54, 1.807) is 55.8 Å². The number of carbonyl (C=O) groups is 3. The summed E-state index contributed by atoms with van der Waals surface area (Å²) in [6, 6.07) is 7.98. The van der Waals surface area contributed by atoms with Crippen LogP contribution >= 0.6 is 22.9 Å². The SMILES string of the molecule is CC(C)(C)OC(=O)N[C@@H](CC(=O)NI)C(=O)OCc1ccccc1. The average molecular weight is 448 g/mol. The van der Waals surface area contributed by atoms with Crippen molar-refractivity contribution in [2.75, 3.05) is 0 Å². The predicted octanol–water partition coefficient (Wildman–Crippen LogP) is 2.48. The van der Waals surface area contributed by atoms with E-state index in [4.69, 9.17) is 9.47 Å². The molecule has 1 aromatic carbocycles. The number of benzene rings is 1. The minimum absolute atomic E-state index is 0.0536. The summed E-state index contributed by atoms with van der Waals surface area (Å²) in [6.07, 6.45) is -1.03. The van der Waals surface area contributed by atoms with Crippen molar-refractivity contribution < 1.29 is 23.9 Å². The lowest BCUT2D eigenvalue weighted by Crippen LogP contribution is -2.46. The van der Waals surface area contributed by atoms with Crippen LogP contribution in [0.15, 0.2) is 30.3 Å². The molecule has 0 spiro atoms. The van der Waals surface area contributed by atoms with Gasteiger partial charge in [-0.15, -0.1) is 0 Å². The van der Waals surface area contributed by atoms with Gasteiger partial charge in [-0.2, -0.15) is 0 Å². The van der Waals surface area contributed by atoms with Gasteiger partial charge in [-0.3, -0.25) is 8.32 Å². The topological polar surface area (TPSA) is 93.7 Å². The number of nitrogens with one attached hydrogen (secondary N) is 2. The molecule has 0 fully saturated rings. The second-order valence-corrected chi connectivity index (χ2v) is 6.55. The molecule has 1 rings (SSSR count). The standard InChI is InChI=1S/C16H21IN2O5/c1-16(2,3)24-15(22)18-12(9-13(20)19-17)14(21)23-10-11-7-5-4-6-8-11/h4-8,12H,9-10H2,1-3H3,(H,18,22)(H,19,20)/t12-/m0/s1. The van der Waals surface area contributed by atoms with Gasteiger partial charge in [-0.25, -0.2) is 9.59 Å². The third-order valence-electron chi connectivity index (χ3n) is 2.69. The van der Waals surface area contributed by atoms with Crippen LogP contribution in [0.1, 0.15) is 32.8 Å². The van der Waals surface area contributed by atoms with Gasteiger partial charge in [0, 0.05) is 0 Å². The molecule has 0 aromatic heterocycles. The zero-order valence-corrected chi connectivity index (χ0v) is 16.0. The summed E-state index contributed by atoms with van der Waals surface area (Å²) in [7, 11) is 0. The largest absolute Gasteiger partial charge is 0.459 e. The van der Waals surface area contributed by atoms with Crippen molar-refractivity contribution in [2.45, 2.75) is 45.4 Å². The van der Waals surface area contributed by atoms with Crippen LogP contribution in [-0.2, 0) is 25.7 Å². The number of hydrogen-bond donors (Lipinski definition) is 2. The maximum absolute atomic E-state index is 12.2. The molecule has 0 radical (unpaired) electrons. The molecule has 7 nitrogen and oxygen atoms in total. The van der Waals surface area contributed by atoms with Gasteiger partial charge < -0.3 is 14.8 Å². The lowest BCUT2D eigenvalue weighted by Gasteiger charge is -2.22. The highest BCUT2D eigenvalue weighted by Crippen LogP contribution is 2.09. The molecule has 8 heteroatoms. The number of carbonyl (C=O) groups excluding carboxylic acids is 3. The summed E-state index contributed by atoms with van der Waals surface area (Å²) in [5.74, 6) is -1.11. The summed E-state index contributed by atoms with van der Waals surface area (Å²) >= 11 is 1.66. The number of esters is 1. The van der Waals surface area contributed by atoms with Crippen molar-refractivity contribution in [3.05, 3.63) is 35.9 Å². The Labute approximate surface area is 155 Å². The van der Waals surface area contributed by atoms with Gasteiger partial charge in [-0.05, 0) is 26.3 Å². The Morgan fingerprint density at radius 1 is 1.17 bits per heavy atom. The van der Waals surface area contributed by atoms with Gasteiger partial charge in [-0.1, -0.05) is 30.3 Å². The van der Waals surface area contributed by atoms with E-state index in [0.717, 1.165) is 5.56 Å². The smallest absolute Gasteiger partial charge is 0.408 e. The molecule has 0 aliphatic heterocycles. The highest BCUT2D eigenvalue weighted by Gasteiger charge is 2.27. The van der Waals surface area contributed by atoms with Crippen LogP contribution in [0.4, 0.5) is 4.79 Å². The van der Waals surface area contributed by atoms with E-state index in [2.05, 4.69) is 8.85 Å². The molecule has 132 valence electrons. The molecule has 0 saturated carbocycles. The first kappa shape index (κ1) is 20.2. The molecular formula is C16H21IN2O5. The Kier molecular flexibility index (Phi) is 7.96. The van der Waals surface area contributed by atoms with E-state index in [1.807, 2.05) is 18.2 Å². The molecule has 0 saturated heterocycles. The summed E-state index contributed by atoms with van der Waals surface area (Å²) in [5, 5.41) is 2.37. The fourth-order valence-electron chi connectivity index (χ4n) is 1.70. The Hall–Kier alpha value is -1.84. The second-order valence-electron chi connectivity index (χ2n) is 6.01. The van der Waals surface area contributed by atoms with Crippen LogP contribution in [0, 0.1) is 0 Å². The minimum atomic E-state index is -1.13. The molecule has 0 bridgehead atoms. The third kappa shape index (κ3) is 8.14. The van der Waals surface area contributed by atoms with E-state index in [0.29, 0.717) is 0 Å². The Bertz CT molecular complexity index is 572. The molecule has 2 amide bonds. The lowest BCUT2D eigenvalue weighted by atomic mass is 10.2. The van der Waals surface area contributed by atoms with Gasteiger partial charge >= 0.3 is 12.1 Å². The van der Waals surface area contributed by atoms with Crippen molar-refractivity contribution in [1.29, 1.82) is 0 Å². The molecule has 0 aliphatic rings. The van der Waals surface area contributed by atoms with Crippen LogP contribution in [0.2, 0.25) is 0 Å². The molecule has 0 unspecified atom stereocenters. The predicted molar refractivity (Wildman–Crippen MR) is 96.2 cm³/mol. The average Bonchev–Trinajstić information content (AvgIpc) is 2.51. The van der Waals surface area contributed by atoms with Crippen molar-refractivity contribution in [2.24, 2.45) is 0 Å². The monoisotopic (exact) mass is 448 g/mol. The van der Waals surface area contributed by atoms with Gasteiger partial charge in [0.1, 0.15) is 18.2 Å². The summed E-state index contributed by atoms with van der Waals surface area (Å²) < 4.78 is 12.7. The van der Waals surface area contributed by atoms with Crippen LogP contribution in [0.3, 0.4) is 0 Å². The number of amides is 2. The Morgan fingerprint density at radius 3 is 2.33 bits per heavy atom. The van der Waals surface area contributed by atoms with Crippen LogP contribution in [-0.4, -0.2) is 29.6 Å². The molecular weight excluding hydrogens is 427 g/mol. The maximum atomic E-state index is 12.2. The molecule has 24 heavy (non-hydrogen) atoms. The molecule has 2 N–H and O–H groups in total. The van der Waals surface area contributed by atoms with Crippen molar-refractivity contribution >= 4 is 40.8 Å². The highest BCUT2D eigenvalue weighted by molar-refractivity contribution is 14.1. The molecule has 0 aliphatic carbocycles. The van der Waals surface area contributed by atoms with Crippen molar-refractivity contribution in [3.63, 3.8) is 0 Å². The number of halogens is 1. The number of alkyl carbamates (subject to hydrolysis) is 1. The second kappa shape index (κ2) is 9.45. The first-order valence-electron chi connectivity index (χ1n) is 7.31. The van der Waals surface area contributed by atoms with Crippen LogP contribution in [0.5, 0.6) is 0 Å². The maximum Gasteiger partial charge on any atom is 0.408 e. The first-order valence-corrected chi connectivity index (χ1v) is 8.38. The normalized spacial score (nSPS) is 12.0. The van der Waals surface area contributed by atoms with Gasteiger partial charge in [0.15, 0.2) is 0 Å². The number of ether oxygens (including phenoxy) is 2. The zero-order valence-electron chi connectivity index (χ0n) is 13.8. The Balaban J connectivity index is 2.67. The van der Waals surface area contributed by atoms with E-state index in [9.17, 15) is 14.4 Å².